The molecule has 4 rings (SSSR count). The van der Waals surface area contributed by atoms with E-state index in [9.17, 15) is 0 Å². The number of ether oxygens (including phenoxy) is 1. The van der Waals surface area contributed by atoms with Gasteiger partial charge < -0.3 is 10.5 Å². The van der Waals surface area contributed by atoms with Crippen LogP contribution in [0.3, 0.4) is 0 Å². The minimum atomic E-state index is -0.275. The van der Waals surface area contributed by atoms with Crippen molar-refractivity contribution in [2.45, 2.75) is 37.8 Å². The molecule has 22 heavy (non-hydrogen) atoms. The van der Waals surface area contributed by atoms with E-state index in [1.807, 2.05) is 12.4 Å². The summed E-state index contributed by atoms with van der Waals surface area (Å²) in [4.78, 5) is 12.6. The third-order valence-corrected chi connectivity index (χ3v) is 4.82. The van der Waals surface area contributed by atoms with E-state index in [0.717, 1.165) is 24.8 Å². The SMILES string of the molecule is CC1N=C(N)OC12CCc1c(cccc1-c1cncnc1)C2. The quantitative estimate of drug-likeness (QED) is 0.874. The average molecular weight is 294 g/mol. The standard InChI is InChI=1S/C17H18N4O/c1-11-17(22-16(18)21-11)6-5-15-12(7-17)3-2-4-14(15)13-8-19-10-20-9-13/h2-4,8-11H,5-7H2,1H3,(H2,18,21). The molecule has 1 aromatic heterocycles. The molecule has 1 spiro atoms. The summed E-state index contributed by atoms with van der Waals surface area (Å²) in [6.07, 6.45) is 8.01. The zero-order valence-electron chi connectivity index (χ0n) is 12.5. The van der Waals surface area contributed by atoms with Gasteiger partial charge in [-0.2, -0.15) is 0 Å². The number of nitrogens with two attached hydrogens (primary N) is 1. The number of fused-ring (bicyclic) bond motifs is 1. The van der Waals surface area contributed by atoms with Crippen molar-refractivity contribution in [3.63, 3.8) is 0 Å². The Morgan fingerprint density at radius 1 is 1.27 bits per heavy atom. The minimum absolute atomic E-state index is 0.101. The van der Waals surface area contributed by atoms with Crippen LogP contribution in [0, 0.1) is 0 Å². The number of rotatable bonds is 1. The van der Waals surface area contributed by atoms with Crippen molar-refractivity contribution in [2.75, 3.05) is 0 Å². The molecule has 5 nitrogen and oxygen atoms in total. The summed E-state index contributed by atoms with van der Waals surface area (Å²) >= 11 is 0. The molecule has 2 atom stereocenters. The molecule has 0 radical (unpaired) electrons. The van der Waals surface area contributed by atoms with Gasteiger partial charge in [-0.05, 0) is 36.5 Å². The van der Waals surface area contributed by atoms with Gasteiger partial charge in [0.15, 0.2) is 0 Å². The Morgan fingerprint density at radius 3 is 2.82 bits per heavy atom. The first-order chi connectivity index (χ1) is 10.7. The predicted molar refractivity (Wildman–Crippen MR) is 84.4 cm³/mol. The van der Waals surface area contributed by atoms with Gasteiger partial charge >= 0.3 is 0 Å². The fraction of sp³-hybridized carbons (Fsp3) is 0.353. The topological polar surface area (TPSA) is 73.4 Å². The van der Waals surface area contributed by atoms with Gasteiger partial charge in [0.25, 0.3) is 6.02 Å². The van der Waals surface area contributed by atoms with Crippen LogP contribution in [0.25, 0.3) is 11.1 Å². The highest BCUT2D eigenvalue weighted by Gasteiger charge is 2.46. The Bertz CT molecular complexity index is 744. The summed E-state index contributed by atoms with van der Waals surface area (Å²) in [5.74, 6) is 0. The summed E-state index contributed by atoms with van der Waals surface area (Å²) in [6, 6.07) is 6.82. The molecule has 2 heterocycles. The Labute approximate surface area is 129 Å². The molecule has 2 unspecified atom stereocenters. The number of hydrogen-bond acceptors (Lipinski definition) is 5. The second-order valence-electron chi connectivity index (χ2n) is 6.06. The molecule has 1 aliphatic carbocycles. The predicted octanol–water partition coefficient (Wildman–Crippen LogP) is 2.10. The Hall–Kier alpha value is -2.43. The zero-order valence-corrected chi connectivity index (χ0v) is 12.5. The molecule has 0 bridgehead atoms. The molecule has 0 saturated carbocycles. The third kappa shape index (κ3) is 1.96. The zero-order chi connectivity index (χ0) is 15.2. The Balaban J connectivity index is 1.74. The molecular weight excluding hydrogens is 276 g/mol. The van der Waals surface area contributed by atoms with Crippen LogP contribution < -0.4 is 5.73 Å². The fourth-order valence-electron chi connectivity index (χ4n) is 3.62. The smallest absolute Gasteiger partial charge is 0.282 e. The first-order valence-corrected chi connectivity index (χ1v) is 7.56. The van der Waals surface area contributed by atoms with Crippen molar-refractivity contribution >= 4 is 6.02 Å². The molecule has 5 heteroatoms. The van der Waals surface area contributed by atoms with E-state index in [-0.39, 0.29) is 11.6 Å². The van der Waals surface area contributed by atoms with Gasteiger partial charge in [-0.25, -0.2) is 15.0 Å². The van der Waals surface area contributed by atoms with E-state index in [1.54, 1.807) is 6.33 Å². The maximum absolute atomic E-state index is 5.91. The highest BCUT2D eigenvalue weighted by Crippen LogP contribution is 2.41. The third-order valence-electron chi connectivity index (χ3n) is 4.82. The number of aromatic nitrogens is 2. The molecule has 2 aromatic rings. The van der Waals surface area contributed by atoms with E-state index >= 15 is 0 Å². The highest BCUT2D eigenvalue weighted by atomic mass is 16.5. The number of benzene rings is 1. The fourth-order valence-corrected chi connectivity index (χ4v) is 3.62. The van der Waals surface area contributed by atoms with Crippen LogP contribution in [-0.2, 0) is 17.6 Å². The maximum Gasteiger partial charge on any atom is 0.282 e. The lowest BCUT2D eigenvalue weighted by Crippen LogP contribution is -2.45. The largest absolute Gasteiger partial charge is 0.456 e. The molecular formula is C17H18N4O. The van der Waals surface area contributed by atoms with Crippen LogP contribution in [0.5, 0.6) is 0 Å². The van der Waals surface area contributed by atoms with E-state index in [0.29, 0.717) is 6.02 Å². The normalized spacial score (nSPS) is 26.4. The van der Waals surface area contributed by atoms with Crippen molar-refractivity contribution < 1.29 is 4.74 Å². The second-order valence-corrected chi connectivity index (χ2v) is 6.06. The summed E-state index contributed by atoms with van der Waals surface area (Å²) in [5, 5.41) is 0. The molecule has 112 valence electrons. The molecule has 1 aromatic carbocycles. The monoisotopic (exact) mass is 294 g/mol. The lowest BCUT2D eigenvalue weighted by molar-refractivity contribution is 0.0448. The minimum Gasteiger partial charge on any atom is -0.456 e. The first-order valence-electron chi connectivity index (χ1n) is 7.56. The summed E-state index contributed by atoms with van der Waals surface area (Å²) in [5.41, 5.74) is 10.5. The van der Waals surface area contributed by atoms with Crippen molar-refractivity contribution in [1.82, 2.24) is 9.97 Å². The number of nitrogens with zero attached hydrogens (tertiary/aromatic N) is 3. The number of aliphatic imine (C=N–C) groups is 1. The van der Waals surface area contributed by atoms with E-state index < -0.39 is 0 Å². The van der Waals surface area contributed by atoms with Crippen LogP contribution >= 0.6 is 0 Å². The summed E-state index contributed by atoms with van der Waals surface area (Å²) < 4.78 is 5.91. The van der Waals surface area contributed by atoms with Crippen LogP contribution in [0.2, 0.25) is 0 Å². The lowest BCUT2D eigenvalue weighted by atomic mass is 9.75. The first kappa shape index (κ1) is 13.2. The van der Waals surface area contributed by atoms with Gasteiger partial charge in [0.05, 0.1) is 6.04 Å². The van der Waals surface area contributed by atoms with Crippen LogP contribution in [0.4, 0.5) is 0 Å². The van der Waals surface area contributed by atoms with Crippen LogP contribution in [0.15, 0.2) is 41.9 Å². The molecule has 2 N–H and O–H groups in total. The van der Waals surface area contributed by atoms with Crippen LogP contribution in [-0.4, -0.2) is 27.6 Å². The number of amidine groups is 1. The van der Waals surface area contributed by atoms with Crippen molar-refractivity contribution in [3.8, 4) is 11.1 Å². The second kappa shape index (κ2) is 4.80. The molecule has 1 aliphatic heterocycles. The highest BCUT2D eigenvalue weighted by molar-refractivity contribution is 5.75. The van der Waals surface area contributed by atoms with Gasteiger partial charge in [0.2, 0.25) is 0 Å². The van der Waals surface area contributed by atoms with Gasteiger partial charge in [-0.1, -0.05) is 18.2 Å². The van der Waals surface area contributed by atoms with Gasteiger partial charge in [-0.3, -0.25) is 0 Å². The van der Waals surface area contributed by atoms with Crippen molar-refractivity contribution in [1.29, 1.82) is 0 Å². The number of hydrogen-bond donors (Lipinski definition) is 1. The lowest BCUT2D eigenvalue weighted by Gasteiger charge is -2.37. The van der Waals surface area contributed by atoms with Gasteiger partial charge in [0, 0.05) is 24.4 Å². The van der Waals surface area contributed by atoms with Crippen LogP contribution in [0.1, 0.15) is 24.5 Å². The van der Waals surface area contributed by atoms with E-state index in [2.05, 4.69) is 40.1 Å². The average Bonchev–Trinajstić information content (AvgIpc) is 2.80. The van der Waals surface area contributed by atoms with E-state index in [4.69, 9.17) is 10.5 Å². The van der Waals surface area contributed by atoms with Crippen molar-refractivity contribution in [3.05, 3.63) is 48.0 Å². The van der Waals surface area contributed by atoms with Gasteiger partial charge in [0.1, 0.15) is 11.9 Å². The molecule has 0 saturated heterocycles. The van der Waals surface area contributed by atoms with E-state index in [1.165, 1.54) is 16.7 Å². The molecule has 0 amide bonds. The molecule has 0 fully saturated rings. The van der Waals surface area contributed by atoms with Gasteiger partial charge in [-0.15, -0.1) is 0 Å². The summed E-state index contributed by atoms with van der Waals surface area (Å²) in [7, 11) is 0. The Morgan fingerprint density at radius 2 is 2.09 bits per heavy atom. The Kier molecular flexibility index (Phi) is 2.89. The van der Waals surface area contributed by atoms with Crippen molar-refractivity contribution in [2.24, 2.45) is 10.7 Å². The summed E-state index contributed by atoms with van der Waals surface area (Å²) in [6.45, 7) is 2.08. The maximum atomic E-state index is 5.91. The molecule has 2 aliphatic rings.